The summed E-state index contributed by atoms with van der Waals surface area (Å²) < 4.78 is 2.06. The molecule has 2 rings (SSSR count). The minimum absolute atomic E-state index is 0.316. The highest BCUT2D eigenvalue weighted by atomic mass is 15.3. The van der Waals surface area contributed by atoms with Crippen LogP contribution in [0.25, 0.3) is 11.5 Å². The van der Waals surface area contributed by atoms with E-state index in [0.29, 0.717) is 17.6 Å². The molecule has 0 aliphatic rings. The molecule has 2 aromatic rings. The molecule has 0 bridgehead atoms. The Hall–Kier alpha value is -1.95. The Labute approximate surface area is 113 Å². The van der Waals surface area contributed by atoms with Crippen LogP contribution in [0.3, 0.4) is 0 Å². The summed E-state index contributed by atoms with van der Waals surface area (Å²) in [6, 6.07) is 1.87. The van der Waals surface area contributed by atoms with Gasteiger partial charge in [0.2, 0.25) is 0 Å². The van der Waals surface area contributed by atoms with Gasteiger partial charge in [-0.25, -0.2) is 20.8 Å². The van der Waals surface area contributed by atoms with E-state index < -0.39 is 0 Å². The zero-order valence-corrected chi connectivity index (χ0v) is 11.6. The van der Waals surface area contributed by atoms with E-state index in [0.717, 1.165) is 24.4 Å². The van der Waals surface area contributed by atoms with Crippen molar-refractivity contribution in [3.8, 4) is 11.5 Å². The molecule has 0 aliphatic heterocycles. The molecule has 0 aliphatic carbocycles. The fraction of sp³-hybridized carbons (Fsp3) is 0.462. The maximum atomic E-state index is 5.48. The lowest BCUT2D eigenvalue weighted by Gasteiger charge is -2.11. The molecule has 102 valence electrons. The van der Waals surface area contributed by atoms with E-state index >= 15 is 0 Å². The Morgan fingerprint density at radius 2 is 2.16 bits per heavy atom. The zero-order valence-electron chi connectivity index (χ0n) is 11.6. The van der Waals surface area contributed by atoms with Gasteiger partial charge in [-0.05, 0) is 12.3 Å². The zero-order chi connectivity index (χ0) is 13.8. The number of nitrogens with one attached hydrogen (secondary N) is 1. The summed E-state index contributed by atoms with van der Waals surface area (Å²) in [4.78, 5) is 13.2. The molecule has 0 amide bonds. The van der Waals surface area contributed by atoms with Gasteiger partial charge < -0.3 is 9.99 Å². The van der Waals surface area contributed by atoms with Crippen molar-refractivity contribution in [3.63, 3.8) is 0 Å². The summed E-state index contributed by atoms with van der Waals surface area (Å²) in [6.07, 6.45) is 4.63. The first-order valence-electron chi connectivity index (χ1n) is 6.51. The summed E-state index contributed by atoms with van der Waals surface area (Å²) in [7, 11) is 0. The molecule has 0 saturated carbocycles. The van der Waals surface area contributed by atoms with Crippen molar-refractivity contribution < 1.29 is 0 Å². The highest BCUT2D eigenvalue weighted by Gasteiger charge is 2.12. The van der Waals surface area contributed by atoms with E-state index in [4.69, 9.17) is 5.84 Å². The molecule has 0 aromatic carbocycles. The van der Waals surface area contributed by atoms with Gasteiger partial charge in [0.05, 0.1) is 12.5 Å². The molecule has 0 atom stereocenters. The number of nitrogens with zero attached hydrogens (tertiary/aromatic N) is 4. The van der Waals surface area contributed by atoms with Crippen LogP contribution >= 0.6 is 0 Å². The van der Waals surface area contributed by atoms with Crippen LogP contribution in [-0.2, 0) is 6.54 Å². The van der Waals surface area contributed by atoms with Gasteiger partial charge in [-0.15, -0.1) is 0 Å². The van der Waals surface area contributed by atoms with E-state index in [1.54, 1.807) is 12.5 Å². The number of anilines is 1. The van der Waals surface area contributed by atoms with Crippen molar-refractivity contribution in [2.75, 3.05) is 5.43 Å². The Balaban J connectivity index is 2.48. The van der Waals surface area contributed by atoms with Gasteiger partial charge in [-0.1, -0.05) is 20.8 Å². The molecular formula is C13H20N6. The number of hydrazine groups is 1. The van der Waals surface area contributed by atoms with Gasteiger partial charge in [0.25, 0.3) is 0 Å². The number of aromatic nitrogens is 4. The third kappa shape index (κ3) is 2.90. The van der Waals surface area contributed by atoms with Crippen molar-refractivity contribution in [1.29, 1.82) is 0 Å². The number of nitrogen functional groups attached to an aromatic ring is 1. The molecule has 3 N–H and O–H groups in total. The molecule has 19 heavy (non-hydrogen) atoms. The van der Waals surface area contributed by atoms with E-state index in [9.17, 15) is 0 Å². The van der Waals surface area contributed by atoms with Crippen molar-refractivity contribution in [1.82, 2.24) is 19.5 Å². The topological polar surface area (TPSA) is 81.7 Å². The van der Waals surface area contributed by atoms with Crippen LogP contribution in [0.2, 0.25) is 0 Å². The predicted octanol–water partition coefficient (Wildman–Crippen LogP) is 2.16. The summed E-state index contributed by atoms with van der Waals surface area (Å²) in [5.74, 6) is 7.07. The van der Waals surface area contributed by atoms with E-state index in [1.807, 2.05) is 6.07 Å². The Morgan fingerprint density at radius 1 is 1.37 bits per heavy atom. The average Bonchev–Trinajstić information content (AvgIpc) is 2.87. The van der Waals surface area contributed by atoms with Gasteiger partial charge in [0, 0.05) is 18.3 Å². The fourth-order valence-electron chi connectivity index (χ4n) is 1.88. The van der Waals surface area contributed by atoms with Crippen molar-refractivity contribution in [2.24, 2.45) is 5.84 Å². The summed E-state index contributed by atoms with van der Waals surface area (Å²) in [5.41, 5.74) is 4.47. The maximum absolute atomic E-state index is 5.48. The van der Waals surface area contributed by atoms with E-state index in [1.165, 1.54) is 0 Å². The Morgan fingerprint density at radius 3 is 2.79 bits per heavy atom. The first-order chi connectivity index (χ1) is 9.15. The minimum Gasteiger partial charge on any atom is -0.328 e. The molecule has 0 fully saturated rings. The molecule has 0 saturated heterocycles. The first-order valence-corrected chi connectivity index (χ1v) is 6.51. The SMILES string of the molecule is CCCn1cncc1-c1nc(NN)cc(C(C)C)n1. The van der Waals surface area contributed by atoms with Crippen LogP contribution in [-0.4, -0.2) is 19.5 Å². The lowest BCUT2D eigenvalue weighted by Crippen LogP contribution is -2.12. The molecule has 0 unspecified atom stereocenters. The van der Waals surface area contributed by atoms with Gasteiger partial charge in [-0.3, -0.25) is 0 Å². The van der Waals surface area contributed by atoms with Gasteiger partial charge >= 0.3 is 0 Å². The van der Waals surface area contributed by atoms with Crippen LogP contribution in [0.15, 0.2) is 18.6 Å². The normalized spacial score (nSPS) is 11.0. The molecule has 2 heterocycles. The van der Waals surface area contributed by atoms with Crippen LogP contribution < -0.4 is 11.3 Å². The molecule has 0 radical (unpaired) electrons. The van der Waals surface area contributed by atoms with Crippen molar-refractivity contribution in [3.05, 3.63) is 24.3 Å². The molecule has 6 nitrogen and oxygen atoms in total. The lowest BCUT2D eigenvalue weighted by atomic mass is 10.1. The highest BCUT2D eigenvalue weighted by molar-refractivity contribution is 5.53. The molecule has 0 spiro atoms. The first kappa shape index (κ1) is 13.5. The Kier molecular flexibility index (Phi) is 4.11. The average molecular weight is 260 g/mol. The largest absolute Gasteiger partial charge is 0.328 e. The summed E-state index contributed by atoms with van der Waals surface area (Å²) >= 11 is 0. The second-order valence-corrected chi connectivity index (χ2v) is 4.77. The van der Waals surface area contributed by atoms with Crippen molar-refractivity contribution in [2.45, 2.75) is 39.7 Å². The Bertz CT molecular complexity index is 546. The third-order valence-electron chi connectivity index (χ3n) is 2.89. The van der Waals surface area contributed by atoms with Crippen molar-refractivity contribution >= 4 is 5.82 Å². The number of hydrogen-bond donors (Lipinski definition) is 2. The fourth-order valence-corrected chi connectivity index (χ4v) is 1.88. The second-order valence-electron chi connectivity index (χ2n) is 4.77. The lowest BCUT2D eigenvalue weighted by molar-refractivity contribution is 0.680. The smallest absolute Gasteiger partial charge is 0.180 e. The number of nitrogens with two attached hydrogens (primary N) is 1. The van der Waals surface area contributed by atoms with Gasteiger partial charge in [0.15, 0.2) is 5.82 Å². The quantitative estimate of drug-likeness (QED) is 0.636. The predicted molar refractivity (Wildman–Crippen MR) is 75.4 cm³/mol. The highest BCUT2D eigenvalue weighted by Crippen LogP contribution is 2.21. The van der Waals surface area contributed by atoms with Crippen LogP contribution in [0.4, 0.5) is 5.82 Å². The number of aryl methyl sites for hydroxylation is 1. The van der Waals surface area contributed by atoms with Crippen LogP contribution in [0.5, 0.6) is 0 Å². The number of imidazole rings is 1. The van der Waals surface area contributed by atoms with E-state index in [2.05, 4.69) is 45.7 Å². The second kappa shape index (κ2) is 5.79. The van der Waals surface area contributed by atoms with Crippen LogP contribution in [0, 0.1) is 0 Å². The maximum Gasteiger partial charge on any atom is 0.180 e. The third-order valence-corrected chi connectivity index (χ3v) is 2.89. The van der Waals surface area contributed by atoms with Crippen LogP contribution in [0.1, 0.15) is 38.8 Å². The summed E-state index contributed by atoms with van der Waals surface area (Å²) in [5, 5.41) is 0. The molecule has 2 aromatic heterocycles. The summed E-state index contributed by atoms with van der Waals surface area (Å²) in [6.45, 7) is 7.21. The van der Waals surface area contributed by atoms with Gasteiger partial charge in [0.1, 0.15) is 11.5 Å². The monoisotopic (exact) mass is 260 g/mol. The molecular weight excluding hydrogens is 240 g/mol. The van der Waals surface area contributed by atoms with Gasteiger partial charge in [-0.2, -0.15) is 0 Å². The minimum atomic E-state index is 0.316. The number of hydrogen-bond acceptors (Lipinski definition) is 5. The molecule has 6 heteroatoms. The standard InChI is InChI=1S/C13H20N6/c1-4-5-19-8-15-7-11(19)13-16-10(9(2)3)6-12(17-13)18-14/h6-9H,4-5,14H2,1-3H3,(H,16,17,18). The number of rotatable bonds is 5. The van der Waals surface area contributed by atoms with E-state index in [-0.39, 0.29) is 0 Å².